The molecule has 4 atom stereocenters. The van der Waals surface area contributed by atoms with Crippen molar-refractivity contribution in [2.75, 3.05) is 19.7 Å². The zero-order valence-corrected chi connectivity index (χ0v) is 19.6. The molecular formula is C22H33N5O8. The minimum atomic E-state index is -1.38. The van der Waals surface area contributed by atoms with Crippen LogP contribution in [0.3, 0.4) is 0 Å². The van der Waals surface area contributed by atoms with Crippen LogP contribution in [0.4, 0.5) is 0 Å². The van der Waals surface area contributed by atoms with Gasteiger partial charge in [-0.25, -0.2) is 0 Å². The molecule has 0 aliphatic carbocycles. The number of rotatable bonds is 14. The quantitative estimate of drug-likeness (QED) is 0.137. The van der Waals surface area contributed by atoms with Crippen molar-refractivity contribution in [1.29, 1.82) is 0 Å². The van der Waals surface area contributed by atoms with E-state index in [0.29, 0.717) is 12.0 Å². The summed E-state index contributed by atoms with van der Waals surface area (Å²) in [4.78, 5) is 60.1. The summed E-state index contributed by atoms with van der Waals surface area (Å²) < 4.78 is 0. The van der Waals surface area contributed by atoms with Crippen LogP contribution < -0.4 is 27.0 Å². The Morgan fingerprint density at radius 2 is 1.51 bits per heavy atom. The van der Waals surface area contributed by atoms with Gasteiger partial charge in [-0.3, -0.25) is 24.0 Å². The molecule has 0 fully saturated rings. The van der Waals surface area contributed by atoms with Gasteiger partial charge in [-0.15, -0.1) is 0 Å². The van der Waals surface area contributed by atoms with Crippen molar-refractivity contribution in [3.8, 4) is 5.75 Å². The van der Waals surface area contributed by atoms with E-state index in [9.17, 15) is 34.2 Å². The third-order valence-electron chi connectivity index (χ3n) is 5.24. The normalized spacial score (nSPS) is 14.1. The number of phenolic OH excluding ortho intramolecular Hbond substituents is 1. The van der Waals surface area contributed by atoms with E-state index in [2.05, 4.69) is 21.3 Å². The largest absolute Gasteiger partial charge is 0.508 e. The predicted molar refractivity (Wildman–Crippen MR) is 124 cm³/mol. The number of aliphatic carboxylic acids is 1. The molecular weight excluding hydrogens is 462 g/mol. The molecule has 1 rings (SSSR count). The molecule has 13 nitrogen and oxygen atoms in total. The van der Waals surface area contributed by atoms with Crippen molar-refractivity contribution in [3.63, 3.8) is 0 Å². The second-order valence-electron chi connectivity index (χ2n) is 7.98. The molecule has 0 spiro atoms. The number of benzene rings is 1. The summed E-state index contributed by atoms with van der Waals surface area (Å²) in [6.07, 6.45) is 0.576. The number of phenols is 1. The Hall–Kier alpha value is -3.71. The number of nitrogens with two attached hydrogens (primary N) is 1. The molecule has 1 aromatic rings. The molecule has 0 unspecified atom stereocenters. The second kappa shape index (κ2) is 14.5. The number of carboxylic acids is 1. The maximum absolute atomic E-state index is 12.8. The molecule has 0 saturated carbocycles. The van der Waals surface area contributed by atoms with Crippen LogP contribution in [0.1, 0.15) is 25.8 Å². The molecule has 0 radical (unpaired) electrons. The molecule has 0 aliphatic rings. The van der Waals surface area contributed by atoms with E-state index in [-0.39, 0.29) is 18.1 Å². The van der Waals surface area contributed by atoms with Crippen molar-refractivity contribution in [1.82, 2.24) is 21.3 Å². The highest BCUT2D eigenvalue weighted by atomic mass is 16.4. The van der Waals surface area contributed by atoms with E-state index in [4.69, 9.17) is 10.8 Å². The van der Waals surface area contributed by atoms with Gasteiger partial charge in [-0.1, -0.05) is 32.4 Å². The number of carboxylic acid groups (broad SMARTS) is 1. The molecule has 4 amide bonds. The third kappa shape index (κ3) is 10.4. The van der Waals surface area contributed by atoms with E-state index in [1.807, 2.05) is 6.92 Å². The van der Waals surface area contributed by atoms with E-state index >= 15 is 0 Å². The summed E-state index contributed by atoms with van der Waals surface area (Å²) >= 11 is 0. The second-order valence-corrected chi connectivity index (χ2v) is 7.98. The summed E-state index contributed by atoms with van der Waals surface area (Å²) in [5.74, 6) is -4.44. The standard InChI is InChI=1S/C22H33N5O8/c1-3-12(2)19(23)22(35)27-16(11-28)21(34)26-15(8-13-4-6-14(29)7-5-13)20(33)25-9-17(30)24-10-18(31)32/h4-7,12,15-16,19,28-29H,3,8-11,23H2,1-2H3,(H,24,30)(H,25,33)(H,26,34)(H,27,35)(H,31,32)/t12-,15-,16-,19-/m0/s1. The van der Waals surface area contributed by atoms with Crippen LogP contribution in [0, 0.1) is 5.92 Å². The first kappa shape index (κ1) is 29.3. The number of carbonyl (C=O) groups is 5. The maximum atomic E-state index is 12.8. The topological polar surface area (TPSA) is 220 Å². The van der Waals surface area contributed by atoms with Crippen LogP contribution >= 0.6 is 0 Å². The molecule has 0 bridgehead atoms. The monoisotopic (exact) mass is 495 g/mol. The van der Waals surface area contributed by atoms with Crippen LogP contribution in [0.25, 0.3) is 0 Å². The molecule has 1 aromatic carbocycles. The van der Waals surface area contributed by atoms with Gasteiger partial charge in [0.05, 0.1) is 19.2 Å². The summed E-state index contributed by atoms with van der Waals surface area (Å²) in [7, 11) is 0. The highest BCUT2D eigenvalue weighted by molar-refractivity contribution is 5.94. The van der Waals surface area contributed by atoms with Gasteiger partial charge < -0.3 is 42.3 Å². The minimum absolute atomic E-state index is 0.00501. The van der Waals surface area contributed by atoms with Crippen molar-refractivity contribution < 1.29 is 39.3 Å². The van der Waals surface area contributed by atoms with Gasteiger partial charge in [0, 0.05) is 6.42 Å². The van der Waals surface area contributed by atoms with Gasteiger partial charge in [0.15, 0.2) is 0 Å². The van der Waals surface area contributed by atoms with Gasteiger partial charge in [0.1, 0.15) is 24.4 Å². The smallest absolute Gasteiger partial charge is 0.322 e. The number of aromatic hydroxyl groups is 1. The first-order valence-electron chi connectivity index (χ1n) is 11.0. The lowest BCUT2D eigenvalue weighted by Crippen LogP contribution is -2.58. The molecule has 35 heavy (non-hydrogen) atoms. The van der Waals surface area contributed by atoms with E-state index in [1.54, 1.807) is 6.92 Å². The number of amides is 4. The van der Waals surface area contributed by atoms with Gasteiger partial charge in [0.2, 0.25) is 23.6 Å². The molecule has 0 aliphatic heterocycles. The Kier molecular flexibility index (Phi) is 12.2. The van der Waals surface area contributed by atoms with E-state index < -0.39 is 67.4 Å². The Balaban J connectivity index is 2.92. The first-order valence-corrected chi connectivity index (χ1v) is 11.0. The number of carbonyl (C=O) groups excluding carboxylic acids is 4. The molecule has 13 heteroatoms. The van der Waals surface area contributed by atoms with Crippen molar-refractivity contribution in [3.05, 3.63) is 29.8 Å². The van der Waals surface area contributed by atoms with Crippen LogP contribution in [0.15, 0.2) is 24.3 Å². The Morgan fingerprint density at radius 1 is 0.914 bits per heavy atom. The lowest BCUT2D eigenvalue weighted by Gasteiger charge is -2.24. The highest BCUT2D eigenvalue weighted by Crippen LogP contribution is 2.12. The lowest BCUT2D eigenvalue weighted by atomic mass is 9.99. The number of aliphatic hydroxyl groups is 1. The summed E-state index contributed by atoms with van der Waals surface area (Å²) in [5, 5.41) is 36.9. The van der Waals surface area contributed by atoms with Crippen molar-refractivity contribution >= 4 is 29.6 Å². The van der Waals surface area contributed by atoms with Crippen LogP contribution in [-0.2, 0) is 30.4 Å². The number of hydrogen-bond acceptors (Lipinski definition) is 8. The fraction of sp³-hybridized carbons (Fsp3) is 0.500. The zero-order chi connectivity index (χ0) is 26.5. The third-order valence-corrected chi connectivity index (χ3v) is 5.24. The highest BCUT2D eigenvalue weighted by Gasteiger charge is 2.29. The van der Waals surface area contributed by atoms with Gasteiger partial charge in [0.25, 0.3) is 0 Å². The van der Waals surface area contributed by atoms with Crippen molar-refractivity contribution in [2.24, 2.45) is 11.7 Å². The SMILES string of the molecule is CC[C@H](C)[C@H](N)C(=O)N[C@@H](CO)C(=O)N[C@@H](Cc1ccc(O)cc1)C(=O)NCC(=O)NCC(=O)O. The number of aliphatic hydroxyl groups excluding tert-OH is 1. The van der Waals surface area contributed by atoms with Crippen LogP contribution in [0.2, 0.25) is 0 Å². The average molecular weight is 496 g/mol. The fourth-order valence-corrected chi connectivity index (χ4v) is 2.85. The molecule has 194 valence electrons. The van der Waals surface area contributed by atoms with Gasteiger partial charge in [-0.05, 0) is 23.6 Å². The summed E-state index contributed by atoms with van der Waals surface area (Å²) in [6, 6.07) is 2.31. The first-order chi connectivity index (χ1) is 16.5. The number of hydrogen-bond donors (Lipinski definition) is 8. The maximum Gasteiger partial charge on any atom is 0.322 e. The fourth-order valence-electron chi connectivity index (χ4n) is 2.85. The molecule has 0 aromatic heterocycles. The van der Waals surface area contributed by atoms with E-state index in [1.165, 1.54) is 24.3 Å². The average Bonchev–Trinajstić information content (AvgIpc) is 2.83. The molecule has 0 saturated heterocycles. The Bertz CT molecular complexity index is 892. The minimum Gasteiger partial charge on any atom is -0.508 e. The summed E-state index contributed by atoms with van der Waals surface area (Å²) in [6.45, 7) is 1.69. The Labute approximate surface area is 202 Å². The van der Waals surface area contributed by atoms with Crippen LogP contribution in [-0.4, -0.2) is 82.7 Å². The molecule has 0 heterocycles. The van der Waals surface area contributed by atoms with Gasteiger partial charge in [-0.2, -0.15) is 0 Å². The lowest BCUT2D eigenvalue weighted by molar-refractivity contribution is -0.138. The van der Waals surface area contributed by atoms with E-state index in [0.717, 1.165) is 0 Å². The summed E-state index contributed by atoms with van der Waals surface area (Å²) in [5.41, 5.74) is 6.42. The van der Waals surface area contributed by atoms with Crippen molar-refractivity contribution in [2.45, 2.75) is 44.8 Å². The zero-order valence-electron chi connectivity index (χ0n) is 19.6. The predicted octanol–water partition coefficient (Wildman–Crippen LogP) is -2.41. The van der Waals surface area contributed by atoms with Crippen LogP contribution in [0.5, 0.6) is 5.75 Å². The molecule has 9 N–H and O–H groups in total. The number of nitrogens with one attached hydrogen (secondary N) is 4. The van der Waals surface area contributed by atoms with Gasteiger partial charge >= 0.3 is 5.97 Å². The Morgan fingerprint density at radius 3 is 2.06 bits per heavy atom.